The van der Waals surface area contributed by atoms with Crippen molar-refractivity contribution in [2.75, 3.05) is 38.8 Å². The molecule has 5 heteroatoms. The van der Waals surface area contributed by atoms with Crippen molar-refractivity contribution in [1.82, 2.24) is 10.3 Å². The monoisotopic (exact) mass is 269 g/mol. The Bertz CT molecular complexity index is 367. The summed E-state index contributed by atoms with van der Waals surface area (Å²) >= 11 is 1.75. The van der Waals surface area contributed by atoms with Crippen molar-refractivity contribution in [1.29, 1.82) is 0 Å². The number of rotatable bonds is 5. The number of anilines is 1. The Hall–Kier alpha value is -0.650. The third-order valence-electron chi connectivity index (χ3n) is 3.58. The lowest BCUT2D eigenvalue weighted by Gasteiger charge is -2.32. The molecule has 1 aliphatic rings. The molecule has 1 fully saturated rings. The molecular weight excluding hydrogens is 246 g/mol. The van der Waals surface area contributed by atoms with Crippen LogP contribution in [0.5, 0.6) is 0 Å². The average Bonchev–Trinajstić information content (AvgIpc) is 2.88. The molecule has 0 spiro atoms. The van der Waals surface area contributed by atoms with E-state index in [4.69, 9.17) is 9.72 Å². The molecule has 2 unspecified atom stereocenters. The lowest BCUT2D eigenvalue weighted by molar-refractivity contribution is 0.143. The largest absolute Gasteiger partial charge is 0.384 e. The molecule has 102 valence electrons. The van der Waals surface area contributed by atoms with Crippen LogP contribution < -0.4 is 10.2 Å². The van der Waals surface area contributed by atoms with Crippen LogP contribution in [0.25, 0.3) is 0 Å². The third-order valence-corrected chi connectivity index (χ3v) is 4.50. The number of hydrogen-bond acceptors (Lipinski definition) is 5. The van der Waals surface area contributed by atoms with Gasteiger partial charge in [-0.25, -0.2) is 4.98 Å². The lowest BCUT2D eigenvalue weighted by atomic mass is 9.99. The summed E-state index contributed by atoms with van der Waals surface area (Å²) < 4.78 is 5.27. The zero-order valence-electron chi connectivity index (χ0n) is 11.5. The second-order valence-electron chi connectivity index (χ2n) is 4.97. The second-order valence-corrected chi connectivity index (χ2v) is 5.81. The van der Waals surface area contributed by atoms with Crippen molar-refractivity contribution in [2.45, 2.75) is 25.8 Å². The predicted molar refractivity (Wildman–Crippen MR) is 76.4 cm³/mol. The van der Waals surface area contributed by atoms with Crippen LogP contribution in [0.4, 0.5) is 5.13 Å². The average molecular weight is 269 g/mol. The minimum absolute atomic E-state index is 0.328. The number of aromatic nitrogens is 1. The molecule has 0 radical (unpaired) electrons. The normalized spacial score (nSPS) is 22.2. The zero-order chi connectivity index (χ0) is 13.0. The Kier molecular flexibility index (Phi) is 4.97. The van der Waals surface area contributed by atoms with E-state index in [0.29, 0.717) is 12.0 Å². The Morgan fingerprint density at radius 1 is 1.67 bits per heavy atom. The van der Waals surface area contributed by atoms with Gasteiger partial charge >= 0.3 is 0 Å². The Labute approximate surface area is 113 Å². The molecule has 0 saturated carbocycles. The summed E-state index contributed by atoms with van der Waals surface area (Å²) in [5, 5.41) is 6.56. The van der Waals surface area contributed by atoms with E-state index in [0.717, 1.165) is 30.5 Å². The third kappa shape index (κ3) is 3.22. The smallest absolute Gasteiger partial charge is 0.185 e. The van der Waals surface area contributed by atoms with Gasteiger partial charge in [-0.3, -0.25) is 0 Å². The first-order valence-corrected chi connectivity index (χ1v) is 7.49. The van der Waals surface area contributed by atoms with E-state index in [1.807, 2.05) is 7.05 Å². The van der Waals surface area contributed by atoms with Gasteiger partial charge < -0.3 is 15.0 Å². The van der Waals surface area contributed by atoms with E-state index in [-0.39, 0.29) is 0 Å². The summed E-state index contributed by atoms with van der Waals surface area (Å²) in [6.07, 6.45) is 2.51. The van der Waals surface area contributed by atoms with Crippen molar-refractivity contribution in [2.24, 2.45) is 5.92 Å². The van der Waals surface area contributed by atoms with Crippen molar-refractivity contribution in [3.8, 4) is 0 Å². The summed E-state index contributed by atoms with van der Waals surface area (Å²) in [5.41, 5.74) is 1.14. The molecular formula is C13H23N3OS. The molecule has 18 heavy (non-hydrogen) atoms. The number of nitrogens with zero attached hydrogens (tertiary/aromatic N) is 2. The molecule has 1 aromatic rings. The van der Waals surface area contributed by atoms with Gasteiger partial charge in [0.15, 0.2) is 5.13 Å². The molecule has 4 nitrogen and oxygen atoms in total. The highest BCUT2D eigenvalue weighted by Gasteiger charge is 2.22. The van der Waals surface area contributed by atoms with E-state index in [9.17, 15) is 0 Å². The maximum atomic E-state index is 5.27. The fraction of sp³-hybridized carbons (Fsp3) is 0.769. The van der Waals surface area contributed by atoms with Crippen LogP contribution in [0.1, 0.15) is 31.5 Å². The number of piperidine rings is 1. The molecule has 0 bridgehead atoms. The first kappa shape index (κ1) is 13.8. The highest BCUT2D eigenvalue weighted by Crippen LogP contribution is 2.28. The summed E-state index contributed by atoms with van der Waals surface area (Å²) in [6.45, 7) is 5.21. The first-order valence-electron chi connectivity index (χ1n) is 6.61. The van der Waals surface area contributed by atoms with E-state index >= 15 is 0 Å². The van der Waals surface area contributed by atoms with Crippen molar-refractivity contribution in [3.63, 3.8) is 0 Å². The van der Waals surface area contributed by atoms with Crippen molar-refractivity contribution < 1.29 is 4.74 Å². The van der Waals surface area contributed by atoms with Crippen LogP contribution in [-0.2, 0) is 4.74 Å². The molecule has 1 aliphatic heterocycles. The van der Waals surface area contributed by atoms with Gasteiger partial charge in [-0.15, -0.1) is 11.3 Å². The summed E-state index contributed by atoms with van der Waals surface area (Å²) in [5.74, 6) is 0.651. The van der Waals surface area contributed by atoms with Crippen LogP contribution in [0.15, 0.2) is 5.38 Å². The minimum Gasteiger partial charge on any atom is -0.384 e. The summed E-state index contributed by atoms with van der Waals surface area (Å²) in [6, 6.07) is 0.328. The maximum absolute atomic E-state index is 5.27. The van der Waals surface area contributed by atoms with E-state index in [2.05, 4.69) is 22.5 Å². The maximum Gasteiger partial charge on any atom is 0.185 e. The molecule has 2 heterocycles. The molecule has 2 rings (SSSR count). The number of ether oxygens (including phenoxy) is 1. The number of hydrogen-bond donors (Lipinski definition) is 1. The fourth-order valence-corrected chi connectivity index (χ4v) is 3.33. The standard InChI is InChI=1S/C13H23N3OS/c1-10(14-2)12-9-18-13(15-12)16-6-4-5-11(7-16)8-17-3/h9-11,14H,4-8H2,1-3H3. The first-order chi connectivity index (χ1) is 8.74. The van der Waals surface area contributed by atoms with Crippen LogP contribution in [-0.4, -0.2) is 38.8 Å². The van der Waals surface area contributed by atoms with Gasteiger partial charge in [0.2, 0.25) is 0 Å². The van der Waals surface area contributed by atoms with Crippen molar-refractivity contribution in [3.05, 3.63) is 11.1 Å². The van der Waals surface area contributed by atoms with Gasteiger partial charge in [0.1, 0.15) is 0 Å². The van der Waals surface area contributed by atoms with Crippen LogP contribution in [0.3, 0.4) is 0 Å². The number of methoxy groups -OCH3 is 1. The van der Waals surface area contributed by atoms with Crippen LogP contribution >= 0.6 is 11.3 Å². The van der Waals surface area contributed by atoms with Gasteiger partial charge in [-0.2, -0.15) is 0 Å². The van der Waals surface area contributed by atoms with Crippen LogP contribution in [0.2, 0.25) is 0 Å². The molecule has 0 aromatic carbocycles. The van der Waals surface area contributed by atoms with E-state index in [1.165, 1.54) is 12.8 Å². The SMILES string of the molecule is CNC(C)c1csc(N2CCCC(COC)C2)n1. The fourth-order valence-electron chi connectivity index (χ4n) is 2.38. The molecule has 1 aromatic heterocycles. The van der Waals surface area contributed by atoms with Gasteiger partial charge in [0.05, 0.1) is 12.3 Å². The Morgan fingerprint density at radius 2 is 2.50 bits per heavy atom. The Morgan fingerprint density at radius 3 is 3.22 bits per heavy atom. The van der Waals surface area contributed by atoms with Gasteiger partial charge in [-0.05, 0) is 32.7 Å². The quantitative estimate of drug-likeness (QED) is 0.890. The lowest BCUT2D eigenvalue weighted by Crippen LogP contribution is -2.37. The summed E-state index contributed by atoms with van der Waals surface area (Å²) in [7, 11) is 3.76. The molecule has 1 N–H and O–H groups in total. The van der Waals surface area contributed by atoms with Crippen LogP contribution in [0, 0.1) is 5.92 Å². The predicted octanol–water partition coefficient (Wildman–Crippen LogP) is 2.29. The highest BCUT2D eigenvalue weighted by atomic mass is 32.1. The summed E-state index contributed by atoms with van der Waals surface area (Å²) in [4.78, 5) is 7.15. The topological polar surface area (TPSA) is 37.4 Å². The van der Waals surface area contributed by atoms with E-state index < -0.39 is 0 Å². The second kappa shape index (κ2) is 6.50. The minimum atomic E-state index is 0.328. The molecule has 1 saturated heterocycles. The van der Waals surface area contributed by atoms with Gasteiger partial charge in [0, 0.05) is 31.6 Å². The number of thiazole rings is 1. The molecule has 2 atom stereocenters. The highest BCUT2D eigenvalue weighted by molar-refractivity contribution is 7.13. The zero-order valence-corrected chi connectivity index (χ0v) is 12.3. The molecule has 0 amide bonds. The van der Waals surface area contributed by atoms with Crippen molar-refractivity contribution >= 4 is 16.5 Å². The van der Waals surface area contributed by atoms with Gasteiger partial charge in [-0.1, -0.05) is 0 Å². The Balaban J connectivity index is 2.00. The van der Waals surface area contributed by atoms with E-state index in [1.54, 1.807) is 18.4 Å². The van der Waals surface area contributed by atoms with Gasteiger partial charge in [0.25, 0.3) is 0 Å². The molecule has 0 aliphatic carbocycles. The number of nitrogens with one attached hydrogen (secondary N) is 1.